The molecule has 0 saturated heterocycles. The summed E-state index contributed by atoms with van der Waals surface area (Å²) in [5.74, 6) is -0.951. The number of carbonyl (C=O) groups is 2. The molecule has 30 heavy (non-hydrogen) atoms. The van der Waals surface area contributed by atoms with Crippen molar-refractivity contribution >= 4 is 23.4 Å². The third-order valence-electron chi connectivity index (χ3n) is 4.75. The molecule has 0 fully saturated rings. The largest absolute Gasteiger partial charge is 0.368 e. The second-order valence-electron chi connectivity index (χ2n) is 6.86. The van der Waals surface area contributed by atoms with Gasteiger partial charge in [-0.25, -0.2) is 4.68 Å². The molecule has 0 aliphatic heterocycles. The number of rotatable bonds is 6. The number of primary amides is 1. The predicted octanol–water partition coefficient (Wildman–Crippen LogP) is 2.82. The van der Waals surface area contributed by atoms with Crippen molar-refractivity contribution in [3.63, 3.8) is 0 Å². The fourth-order valence-corrected chi connectivity index (χ4v) is 3.42. The lowest BCUT2D eigenvalue weighted by molar-refractivity contribution is -0.117. The smallest absolute Gasteiger partial charge is 0.251 e. The number of hydrogen-bond donors (Lipinski definition) is 2. The summed E-state index contributed by atoms with van der Waals surface area (Å²) >= 11 is 6.17. The van der Waals surface area contributed by atoms with E-state index < -0.39 is 5.91 Å². The summed E-state index contributed by atoms with van der Waals surface area (Å²) < 4.78 is 1.79. The highest BCUT2D eigenvalue weighted by Gasteiger charge is 2.15. The zero-order chi connectivity index (χ0) is 21.8. The van der Waals surface area contributed by atoms with Gasteiger partial charge in [-0.3, -0.25) is 9.59 Å². The molecule has 0 radical (unpaired) electrons. The number of nitriles is 1. The van der Waals surface area contributed by atoms with E-state index in [0.29, 0.717) is 22.6 Å². The van der Waals surface area contributed by atoms with Gasteiger partial charge in [0.2, 0.25) is 5.91 Å². The Morgan fingerprint density at radius 2 is 2.00 bits per heavy atom. The van der Waals surface area contributed by atoms with Gasteiger partial charge < -0.3 is 11.1 Å². The number of nitrogens with two attached hydrogens (primary N) is 1. The Morgan fingerprint density at radius 3 is 2.67 bits per heavy atom. The van der Waals surface area contributed by atoms with Crippen LogP contribution in [0.3, 0.4) is 0 Å². The number of halogens is 1. The minimum atomic E-state index is -0.596. The van der Waals surface area contributed by atoms with Gasteiger partial charge in [0.25, 0.3) is 5.91 Å². The molecule has 8 heteroatoms. The molecule has 0 atom stereocenters. The van der Waals surface area contributed by atoms with Crippen LogP contribution in [0.5, 0.6) is 0 Å². The van der Waals surface area contributed by atoms with E-state index in [-0.39, 0.29) is 12.5 Å². The van der Waals surface area contributed by atoms with Crippen molar-refractivity contribution in [2.75, 3.05) is 6.54 Å². The minimum absolute atomic E-state index is 0.207. The highest BCUT2D eigenvalue weighted by atomic mass is 35.5. The van der Waals surface area contributed by atoms with Gasteiger partial charge in [0.1, 0.15) is 6.07 Å². The van der Waals surface area contributed by atoms with Crippen LogP contribution in [0, 0.1) is 25.2 Å². The van der Waals surface area contributed by atoms with Crippen LogP contribution in [0.25, 0.3) is 5.69 Å². The van der Waals surface area contributed by atoms with Gasteiger partial charge in [0.15, 0.2) is 0 Å². The molecule has 0 aliphatic carbocycles. The first-order chi connectivity index (χ1) is 14.3. The number of aromatic nitrogens is 2. The molecule has 2 aromatic carbocycles. The molecule has 0 saturated carbocycles. The van der Waals surface area contributed by atoms with Gasteiger partial charge in [0.05, 0.1) is 28.5 Å². The Hall–Kier alpha value is -3.63. The SMILES string of the molecule is Cc1nn(-c2ccc(C#N)c(Cl)c2)c(C)c1Cc1cccc(C(=O)NCC(N)=O)c1. The van der Waals surface area contributed by atoms with Crippen LogP contribution < -0.4 is 11.1 Å². The summed E-state index contributed by atoms with van der Waals surface area (Å²) in [5, 5.41) is 16.5. The van der Waals surface area contributed by atoms with Gasteiger partial charge in [-0.15, -0.1) is 0 Å². The number of nitrogens with one attached hydrogen (secondary N) is 1. The van der Waals surface area contributed by atoms with E-state index in [1.165, 1.54) is 0 Å². The van der Waals surface area contributed by atoms with Gasteiger partial charge in [0, 0.05) is 23.2 Å². The van der Waals surface area contributed by atoms with E-state index in [0.717, 1.165) is 28.2 Å². The number of benzene rings is 2. The number of aryl methyl sites for hydroxylation is 1. The fraction of sp³-hybridized carbons (Fsp3) is 0.182. The van der Waals surface area contributed by atoms with Crippen molar-refractivity contribution in [2.24, 2.45) is 5.73 Å². The molecule has 152 valence electrons. The normalized spacial score (nSPS) is 10.5. The molecule has 3 N–H and O–H groups in total. The average Bonchev–Trinajstić information content (AvgIpc) is 3.00. The summed E-state index contributed by atoms with van der Waals surface area (Å²) in [7, 11) is 0. The Balaban J connectivity index is 1.87. The first-order valence-electron chi connectivity index (χ1n) is 9.20. The first kappa shape index (κ1) is 21.1. The molecule has 1 aromatic heterocycles. The molecule has 7 nitrogen and oxygen atoms in total. The summed E-state index contributed by atoms with van der Waals surface area (Å²) in [6.07, 6.45) is 0.582. The van der Waals surface area contributed by atoms with E-state index >= 15 is 0 Å². The second kappa shape index (κ2) is 8.80. The number of nitrogens with zero attached hydrogens (tertiary/aromatic N) is 3. The van der Waals surface area contributed by atoms with E-state index in [1.54, 1.807) is 41.1 Å². The predicted molar refractivity (Wildman–Crippen MR) is 114 cm³/mol. The van der Waals surface area contributed by atoms with Gasteiger partial charge in [-0.2, -0.15) is 10.4 Å². The van der Waals surface area contributed by atoms with Gasteiger partial charge in [-0.1, -0.05) is 23.7 Å². The number of hydrogen-bond acceptors (Lipinski definition) is 4. The summed E-state index contributed by atoms with van der Waals surface area (Å²) in [6.45, 7) is 3.68. The van der Waals surface area contributed by atoms with Crippen molar-refractivity contribution in [1.29, 1.82) is 5.26 Å². The maximum absolute atomic E-state index is 12.2. The monoisotopic (exact) mass is 421 g/mol. The minimum Gasteiger partial charge on any atom is -0.368 e. The van der Waals surface area contributed by atoms with Crippen molar-refractivity contribution in [3.8, 4) is 11.8 Å². The Morgan fingerprint density at radius 1 is 1.23 bits per heavy atom. The van der Waals surface area contributed by atoms with E-state index in [2.05, 4.69) is 10.4 Å². The molecular formula is C22H20ClN5O2. The van der Waals surface area contributed by atoms with E-state index in [4.69, 9.17) is 22.6 Å². The highest BCUT2D eigenvalue weighted by Crippen LogP contribution is 2.24. The Kier molecular flexibility index (Phi) is 6.19. The zero-order valence-corrected chi connectivity index (χ0v) is 17.3. The van der Waals surface area contributed by atoms with Gasteiger partial charge >= 0.3 is 0 Å². The maximum atomic E-state index is 12.2. The number of carbonyl (C=O) groups excluding carboxylic acids is 2. The lowest BCUT2D eigenvalue weighted by atomic mass is 10.0. The molecule has 2 amide bonds. The van der Waals surface area contributed by atoms with E-state index in [1.807, 2.05) is 26.0 Å². The lowest BCUT2D eigenvalue weighted by Gasteiger charge is -2.08. The van der Waals surface area contributed by atoms with Crippen LogP contribution in [0.4, 0.5) is 0 Å². The molecule has 0 aliphatic rings. The summed E-state index contributed by atoms with van der Waals surface area (Å²) in [6, 6.07) is 14.4. The lowest BCUT2D eigenvalue weighted by Crippen LogP contribution is -2.33. The van der Waals surface area contributed by atoms with Crippen LogP contribution in [0.1, 0.15) is 38.4 Å². The van der Waals surface area contributed by atoms with Crippen molar-refractivity contribution < 1.29 is 9.59 Å². The molecule has 0 unspecified atom stereocenters. The quantitative estimate of drug-likeness (QED) is 0.636. The van der Waals surface area contributed by atoms with Crippen LogP contribution in [0.15, 0.2) is 42.5 Å². The van der Waals surface area contributed by atoms with E-state index in [9.17, 15) is 9.59 Å². The molecule has 0 spiro atoms. The maximum Gasteiger partial charge on any atom is 0.251 e. The topological polar surface area (TPSA) is 114 Å². The zero-order valence-electron chi connectivity index (χ0n) is 16.6. The van der Waals surface area contributed by atoms with Crippen LogP contribution >= 0.6 is 11.6 Å². The fourth-order valence-electron chi connectivity index (χ4n) is 3.20. The average molecular weight is 422 g/mol. The molecule has 3 aromatic rings. The van der Waals surface area contributed by atoms with Crippen molar-refractivity contribution in [2.45, 2.75) is 20.3 Å². The van der Waals surface area contributed by atoms with Gasteiger partial charge in [-0.05, 0) is 49.7 Å². The summed E-state index contributed by atoms with van der Waals surface area (Å²) in [4.78, 5) is 23.1. The first-order valence-corrected chi connectivity index (χ1v) is 9.58. The van der Waals surface area contributed by atoms with Crippen LogP contribution in [-0.4, -0.2) is 28.1 Å². The highest BCUT2D eigenvalue weighted by molar-refractivity contribution is 6.31. The second-order valence-corrected chi connectivity index (χ2v) is 7.27. The third-order valence-corrected chi connectivity index (χ3v) is 5.06. The Bertz CT molecular complexity index is 1180. The van der Waals surface area contributed by atoms with Crippen LogP contribution in [0.2, 0.25) is 5.02 Å². The molecule has 3 rings (SSSR count). The Labute approximate surface area is 179 Å². The number of amides is 2. The molecular weight excluding hydrogens is 402 g/mol. The molecule has 1 heterocycles. The molecule has 0 bridgehead atoms. The summed E-state index contributed by atoms with van der Waals surface area (Å²) in [5.41, 5.74) is 10.5. The van der Waals surface area contributed by atoms with Crippen molar-refractivity contribution in [3.05, 3.63) is 81.1 Å². The van der Waals surface area contributed by atoms with Crippen molar-refractivity contribution in [1.82, 2.24) is 15.1 Å². The standard InChI is InChI=1S/C22H20ClN5O2/c1-13-19(9-15-4-3-5-16(8-15)22(30)26-12-21(25)29)14(2)28(27-13)18-7-6-17(11-24)20(23)10-18/h3-8,10H,9,12H2,1-2H3,(H2,25,29)(H,26,30). The van der Waals surface area contributed by atoms with Crippen LogP contribution in [-0.2, 0) is 11.2 Å². The third kappa shape index (κ3) is 4.50.